The van der Waals surface area contributed by atoms with E-state index < -0.39 is 40.9 Å². The highest BCUT2D eigenvalue weighted by atomic mass is 19.4. The summed E-state index contributed by atoms with van der Waals surface area (Å²) < 4.78 is 82.3. The Kier molecular flexibility index (Phi) is 5.74. The number of hydrogen-bond donors (Lipinski definition) is 1. The zero-order valence-electron chi connectivity index (χ0n) is 17.3. The molecule has 1 aromatic heterocycles. The molecule has 5 nitrogen and oxygen atoms in total. The van der Waals surface area contributed by atoms with Gasteiger partial charge in [0.25, 0.3) is 5.91 Å². The van der Waals surface area contributed by atoms with E-state index in [1.807, 2.05) is 0 Å². The van der Waals surface area contributed by atoms with Crippen molar-refractivity contribution in [2.45, 2.75) is 38.0 Å². The molecule has 11 heteroatoms. The van der Waals surface area contributed by atoms with Crippen molar-refractivity contribution in [1.29, 1.82) is 0 Å². The Hall–Kier alpha value is -3.63. The van der Waals surface area contributed by atoms with Gasteiger partial charge < -0.3 is 5.11 Å². The number of carboxylic acids is 1. The first kappa shape index (κ1) is 23.5. The molecule has 0 unspecified atom stereocenters. The molecule has 1 heterocycles. The lowest BCUT2D eigenvalue weighted by Gasteiger charge is -2.19. The van der Waals surface area contributed by atoms with Crippen molar-refractivity contribution in [1.82, 2.24) is 9.78 Å². The molecule has 0 fully saturated rings. The van der Waals surface area contributed by atoms with Gasteiger partial charge in [0.05, 0.1) is 33.6 Å². The number of alkyl halides is 6. The smallest absolute Gasteiger partial charge is 0.417 e. The molecule has 0 amide bonds. The SMILES string of the molecule is O=C(O)c1ccc(-c2nn(C(=O)c3c(C(F)(F)F)cccc3C(F)(F)F)c3c2CCCC3)cc1. The van der Waals surface area contributed by atoms with Gasteiger partial charge in [0.2, 0.25) is 0 Å². The average molecular weight is 482 g/mol. The van der Waals surface area contributed by atoms with Crippen molar-refractivity contribution in [3.63, 3.8) is 0 Å². The summed E-state index contributed by atoms with van der Waals surface area (Å²) >= 11 is 0. The van der Waals surface area contributed by atoms with Gasteiger partial charge in [-0.1, -0.05) is 18.2 Å². The van der Waals surface area contributed by atoms with E-state index in [2.05, 4.69) is 5.10 Å². The van der Waals surface area contributed by atoms with Crippen LogP contribution in [-0.4, -0.2) is 26.8 Å². The van der Waals surface area contributed by atoms with E-state index in [-0.39, 0.29) is 23.4 Å². The summed E-state index contributed by atoms with van der Waals surface area (Å²) in [6.45, 7) is 0. The number of rotatable bonds is 3. The molecule has 3 aromatic rings. The monoisotopic (exact) mass is 482 g/mol. The molecule has 4 rings (SSSR count). The maximum absolute atomic E-state index is 13.6. The van der Waals surface area contributed by atoms with Crippen LogP contribution in [0.4, 0.5) is 26.3 Å². The lowest BCUT2D eigenvalue weighted by atomic mass is 9.93. The number of halogens is 6. The van der Waals surface area contributed by atoms with E-state index in [0.29, 0.717) is 53.3 Å². The minimum Gasteiger partial charge on any atom is -0.478 e. The number of aromatic nitrogens is 2. The van der Waals surface area contributed by atoms with E-state index in [1.165, 1.54) is 24.3 Å². The number of nitrogens with zero attached hydrogens (tertiary/aromatic N) is 2. The molecule has 1 aliphatic rings. The number of carbonyl (C=O) groups excluding carboxylic acids is 1. The molecule has 0 saturated heterocycles. The maximum Gasteiger partial charge on any atom is 0.417 e. The van der Waals surface area contributed by atoms with Crippen molar-refractivity contribution < 1.29 is 41.0 Å². The molecule has 0 saturated carbocycles. The number of benzene rings is 2. The summed E-state index contributed by atoms with van der Waals surface area (Å²) in [7, 11) is 0. The molecule has 0 radical (unpaired) electrons. The Morgan fingerprint density at radius 1 is 0.853 bits per heavy atom. The first-order valence-corrected chi connectivity index (χ1v) is 10.2. The van der Waals surface area contributed by atoms with Crippen molar-refractivity contribution in [2.75, 3.05) is 0 Å². The summed E-state index contributed by atoms with van der Waals surface area (Å²) in [6.07, 6.45) is -8.46. The number of aromatic carboxylic acids is 1. The third kappa shape index (κ3) is 4.17. The van der Waals surface area contributed by atoms with Crippen LogP contribution in [0.3, 0.4) is 0 Å². The van der Waals surface area contributed by atoms with Gasteiger partial charge in [0.1, 0.15) is 0 Å². The predicted octanol–water partition coefficient (Wildman–Crippen LogP) is 5.85. The Labute approximate surface area is 188 Å². The zero-order valence-corrected chi connectivity index (χ0v) is 17.3. The van der Waals surface area contributed by atoms with Crippen LogP contribution >= 0.6 is 0 Å². The summed E-state index contributed by atoms with van der Waals surface area (Å²) in [5.41, 5.74) is -3.50. The van der Waals surface area contributed by atoms with E-state index in [4.69, 9.17) is 5.11 Å². The number of hydrogen-bond acceptors (Lipinski definition) is 3. The second kappa shape index (κ2) is 8.30. The Morgan fingerprint density at radius 2 is 1.41 bits per heavy atom. The molecule has 34 heavy (non-hydrogen) atoms. The first-order chi connectivity index (χ1) is 15.9. The van der Waals surface area contributed by atoms with Crippen LogP contribution in [0.25, 0.3) is 11.3 Å². The normalized spacial score (nSPS) is 14.1. The van der Waals surface area contributed by atoms with E-state index in [1.54, 1.807) is 0 Å². The second-order valence-electron chi connectivity index (χ2n) is 7.80. The van der Waals surface area contributed by atoms with Crippen LogP contribution in [0, 0.1) is 0 Å². The summed E-state index contributed by atoms with van der Waals surface area (Å²) in [6, 6.07) is 6.94. The van der Waals surface area contributed by atoms with Crippen molar-refractivity contribution in [3.05, 3.63) is 76.0 Å². The van der Waals surface area contributed by atoms with Gasteiger partial charge in [-0.2, -0.15) is 36.1 Å². The first-order valence-electron chi connectivity index (χ1n) is 10.2. The fourth-order valence-electron chi connectivity index (χ4n) is 4.13. The zero-order chi connectivity index (χ0) is 24.8. The number of carboxylic acid groups (broad SMARTS) is 1. The summed E-state index contributed by atoms with van der Waals surface area (Å²) in [4.78, 5) is 24.4. The van der Waals surface area contributed by atoms with Gasteiger partial charge in [-0.15, -0.1) is 0 Å². The van der Waals surface area contributed by atoms with Gasteiger partial charge in [-0.05, 0) is 49.9 Å². The lowest BCUT2D eigenvalue weighted by Crippen LogP contribution is -2.26. The summed E-state index contributed by atoms with van der Waals surface area (Å²) in [5, 5.41) is 13.2. The highest BCUT2D eigenvalue weighted by Crippen LogP contribution is 2.40. The van der Waals surface area contributed by atoms with E-state index >= 15 is 0 Å². The molecule has 1 aliphatic carbocycles. The lowest BCUT2D eigenvalue weighted by molar-refractivity contribution is -0.143. The standard InChI is InChI=1S/C23H16F6N2O3/c24-22(25,26)15-5-3-6-16(23(27,28)29)18(15)20(32)31-17-7-2-1-4-14(17)19(30-31)12-8-10-13(11-9-12)21(33)34/h3,5-6,8-11H,1-2,4,7H2,(H,33,34). The molecule has 2 aromatic carbocycles. The third-order valence-electron chi connectivity index (χ3n) is 5.67. The van der Waals surface area contributed by atoms with E-state index in [9.17, 15) is 35.9 Å². The highest BCUT2D eigenvalue weighted by Gasteiger charge is 2.44. The van der Waals surface area contributed by atoms with Gasteiger partial charge >= 0.3 is 18.3 Å². The Morgan fingerprint density at radius 3 is 1.94 bits per heavy atom. The van der Waals surface area contributed by atoms with Crippen LogP contribution in [0.15, 0.2) is 42.5 Å². The van der Waals surface area contributed by atoms with Crippen LogP contribution in [0.1, 0.15) is 55.9 Å². The minimum absolute atomic E-state index is 0.0120. The largest absolute Gasteiger partial charge is 0.478 e. The molecular formula is C23H16F6N2O3. The van der Waals surface area contributed by atoms with Gasteiger partial charge in [-0.25, -0.2) is 4.79 Å². The van der Waals surface area contributed by atoms with Crippen LogP contribution < -0.4 is 0 Å². The van der Waals surface area contributed by atoms with Crippen LogP contribution in [-0.2, 0) is 25.2 Å². The second-order valence-corrected chi connectivity index (χ2v) is 7.80. The molecule has 0 aliphatic heterocycles. The highest BCUT2D eigenvalue weighted by molar-refractivity contribution is 5.99. The topological polar surface area (TPSA) is 72.2 Å². The van der Waals surface area contributed by atoms with Gasteiger partial charge in [0, 0.05) is 11.1 Å². The van der Waals surface area contributed by atoms with E-state index in [0.717, 1.165) is 0 Å². The average Bonchev–Trinajstić information content (AvgIpc) is 3.16. The third-order valence-corrected chi connectivity index (χ3v) is 5.67. The summed E-state index contributed by atoms with van der Waals surface area (Å²) in [5.74, 6) is -2.69. The van der Waals surface area contributed by atoms with Crippen LogP contribution in [0.5, 0.6) is 0 Å². The predicted molar refractivity (Wildman–Crippen MR) is 107 cm³/mol. The Bertz CT molecular complexity index is 1240. The maximum atomic E-state index is 13.6. The minimum atomic E-state index is -5.20. The number of carbonyl (C=O) groups is 2. The number of fused-ring (bicyclic) bond motifs is 1. The van der Waals surface area contributed by atoms with Gasteiger partial charge in [-0.3, -0.25) is 4.79 Å². The molecule has 0 atom stereocenters. The molecule has 0 spiro atoms. The van der Waals surface area contributed by atoms with Crippen molar-refractivity contribution >= 4 is 11.9 Å². The molecular weight excluding hydrogens is 466 g/mol. The quantitative estimate of drug-likeness (QED) is 0.475. The van der Waals surface area contributed by atoms with Crippen molar-refractivity contribution in [3.8, 4) is 11.3 Å². The molecule has 0 bridgehead atoms. The molecule has 1 N–H and O–H groups in total. The van der Waals surface area contributed by atoms with Crippen LogP contribution in [0.2, 0.25) is 0 Å². The van der Waals surface area contributed by atoms with Crippen molar-refractivity contribution in [2.24, 2.45) is 0 Å². The fourth-order valence-corrected chi connectivity index (χ4v) is 4.13. The Balaban J connectivity index is 1.92. The fraction of sp³-hybridized carbons (Fsp3) is 0.261. The molecule has 178 valence electrons. The van der Waals surface area contributed by atoms with Gasteiger partial charge in [0.15, 0.2) is 0 Å².